The number of aryl methyl sites for hydroxylation is 1. The Kier molecular flexibility index (Phi) is 7.14. The molecule has 7 nitrogen and oxygen atoms in total. The van der Waals surface area contributed by atoms with Gasteiger partial charge in [0.05, 0.1) is 4.90 Å². The fraction of sp³-hybridized carbons (Fsp3) is 0.231. The van der Waals surface area contributed by atoms with Crippen molar-refractivity contribution in [3.63, 3.8) is 0 Å². The van der Waals surface area contributed by atoms with Crippen LogP contribution in [0.3, 0.4) is 0 Å². The van der Waals surface area contributed by atoms with E-state index >= 15 is 0 Å². The van der Waals surface area contributed by atoms with Crippen LogP contribution in [0.5, 0.6) is 0 Å². The van der Waals surface area contributed by atoms with Gasteiger partial charge >= 0.3 is 6.03 Å². The van der Waals surface area contributed by atoms with Crippen LogP contribution in [0.4, 0.5) is 16.2 Å². The Morgan fingerprint density at radius 1 is 1.00 bits per heavy atom. The molecule has 1 unspecified atom stereocenters. The molecule has 0 bridgehead atoms. The number of benzene rings is 3. The molecule has 182 valence electrons. The number of nitrogens with zero attached hydrogens (tertiary/aromatic N) is 1. The maximum atomic E-state index is 13.1. The molecular weight excluding hydrogens is 486 g/mol. The first-order valence-corrected chi connectivity index (χ1v) is 13.4. The van der Waals surface area contributed by atoms with Crippen molar-refractivity contribution in [2.75, 3.05) is 23.4 Å². The topological polar surface area (TPSA) is 95.6 Å². The van der Waals surface area contributed by atoms with Gasteiger partial charge in [0.1, 0.15) is 6.04 Å². The molecule has 35 heavy (non-hydrogen) atoms. The zero-order chi connectivity index (χ0) is 25.2. The van der Waals surface area contributed by atoms with E-state index in [9.17, 15) is 18.0 Å². The molecule has 1 fully saturated rings. The lowest BCUT2D eigenvalue weighted by atomic mass is 10.0. The number of sulfone groups is 1. The normalized spacial score (nSPS) is 15.6. The van der Waals surface area contributed by atoms with Crippen molar-refractivity contribution in [3.05, 3.63) is 77.3 Å². The number of rotatable bonds is 5. The van der Waals surface area contributed by atoms with Gasteiger partial charge in [-0.15, -0.1) is 0 Å². The van der Waals surface area contributed by atoms with Gasteiger partial charge in [0, 0.05) is 34.8 Å². The minimum atomic E-state index is -3.39. The molecule has 1 aliphatic heterocycles. The molecule has 1 atom stereocenters. The Morgan fingerprint density at radius 3 is 2.40 bits per heavy atom. The van der Waals surface area contributed by atoms with Gasteiger partial charge in [-0.1, -0.05) is 35.9 Å². The van der Waals surface area contributed by atoms with Crippen molar-refractivity contribution in [2.45, 2.75) is 30.7 Å². The minimum absolute atomic E-state index is 0.254. The summed E-state index contributed by atoms with van der Waals surface area (Å²) in [5.74, 6) is -0.263. The van der Waals surface area contributed by atoms with E-state index in [1.807, 2.05) is 13.0 Å². The van der Waals surface area contributed by atoms with E-state index in [0.29, 0.717) is 34.9 Å². The summed E-state index contributed by atoms with van der Waals surface area (Å²) in [5, 5.41) is 6.32. The van der Waals surface area contributed by atoms with Crippen molar-refractivity contribution in [3.8, 4) is 11.1 Å². The maximum Gasteiger partial charge on any atom is 0.322 e. The second kappa shape index (κ2) is 10.1. The Labute approximate surface area is 210 Å². The first kappa shape index (κ1) is 24.8. The van der Waals surface area contributed by atoms with Gasteiger partial charge < -0.3 is 15.5 Å². The van der Waals surface area contributed by atoms with E-state index in [4.69, 9.17) is 11.6 Å². The van der Waals surface area contributed by atoms with E-state index in [2.05, 4.69) is 10.6 Å². The zero-order valence-electron chi connectivity index (χ0n) is 19.4. The summed E-state index contributed by atoms with van der Waals surface area (Å²) in [6.07, 6.45) is 2.48. The Morgan fingerprint density at radius 2 is 1.71 bits per heavy atom. The van der Waals surface area contributed by atoms with Gasteiger partial charge in [-0.3, -0.25) is 4.79 Å². The number of carbonyl (C=O) groups is 2. The van der Waals surface area contributed by atoms with E-state index in [-0.39, 0.29) is 16.8 Å². The molecule has 2 N–H and O–H groups in total. The van der Waals surface area contributed by atoms with Gasteiger partial charge in [-0.05, 0) is 73.4 Å². The van der Waals surface area contributed by atoms with Crippen molar-refractivity contribution >= 4 is 44.8 Å². The van der Waals surface area contributed by atoms with Crippen LogP contribution in [0.2, 0.25) is 5.02 Å². The van der Waals surface area contributed by atoms with Gasteiger partial charge in [0.25, 0.3) is 0 Å². The van der Waals surface area contributed by atoms with Crippen LogP contribution in [-0.4, -0.2) is 44.1 Å². The van der Waals surface area contributed by atoms with Gasteiger partial charge in [0.2, 0.25) is 5.91 Å². The van der Waals surface area contributed by atoms with E-state index in [1.54, 1.807) is 60.7 Å². The lowest BCUT2D eigenvalue weighted by molar-refractivity contribution is -0.119. The molecule has 0 radical (unpaired) electrons. The van der Waals surface area contributed by atoms with Crippen LogP contribution in [0.1, 0.15) is 18.4 Å². The Balaban J connectivity index is 1.49. The predicted octanol–water partition coefficient (Wildman–Crippen LogP) is 5.35. The third-order valence-corrected chi connectivity index (χ3v) is 7.40. The number of carbonyl (C=O) groups excluding carboxylic acids is 2. The van der Waals surface area contributed by atoms with Gasteiger partial charge in [-0.2, -0.15) is 0 Å². The molecule has 9 heteroatoms. The maximum absolute atomic E-state index is 13.1. The van der Waals surface area contributed by atoms with Crippen molar-refractivity contribution in [2.24, 2.45) is 0 Å². The number of amides is 3. The number of hydrogen-bond donors (Lipinski definition) is 2. The molecule has 0 aromatic heterocycles. The standard InChI is InChI=1S/C26H26ClN3O4S/c1-17-16-18(21-6-3-4-8-24(21)35(2,33)34)9-14-22(17)29-25(31)23-7-5-15-30(23)26(32)28-20-12-10-19(27)11-13-20/h3-4,6,8-14,16,23H,5,7,15H2,1-2H3,(H,28,32)(H,29,31). The highest BCUT2D eigenvalue weighted by Crippen LogP contribution is 2.30. The quantitative estimate of drug-likeness (QED) is 0.482. The van der Waals surface area contributed by atoms with E-state index in [0.717, 1.165) is 17.5 Å². The average molecular weight is 512 g/mol. The summed E-state index contributed by atoms with van der Waals surface area (Å²) < 4.78 is 24.4. The first-order chi connectivity index (χ1) is 16.6. The molecule has 4 rings (SSSR count). The van der Waals surface area contributed by atoms with E-state index in [1.165, 1.54) is 11.2 Å². The molecule has 3 amide bonds. The number of anilines is 2. The Hall–Kier alpha value is -3.36. The second-order valence-corrected chi connectivity index (χ2v) is 11.0. The molecule has 0 spiro atoms. The molecule has 0 aliphatic carbocycles. The van der Waals surface area contributed by atoms with Gasteiger partial charge in [0.15, 0.2) is 9.84 Å². The second-order valence-electron chi connectivity index (χ2n) is 8.58. The molecule has 1 saturated heterocycles. The predicted molar refractivity (Wildman–Crippen MR) is 139 cm³/mol. The largest absolute Gasteiger partial charge is 0.324 e. The number of likely N-dealkylation sites (tertiary alicyclic amines) is 1. The van der Waals surface area contributed by atoms with Crippen LogP contribution in [0.15, 0.2) is 71.6 Å². The zero-order valence-corrected chi connectivity index (χ0v) is 21.0. The molecule has 1 aliphatic rings. The fourth-order valence-corrected chi connectivity index (χ4v) is 5.26. The van der Waals surface area contributed by atoms with Gasteiger partial charge in [-0.25, -0.2) is 13.2 Å². The SMILES string of the molecule is Cc1cc(-c2ccccc2S(C)(=O)=O)ccc1NC(=O)C1CCCN1C(=O)Nc1ccc(Cl)cc1. The fourth-order valence-electron chi connectivity index (χ4n) is 4.23. The lowest BCUT2D eigenvalue weighted by Gasteiger charge is -2.24. The van der Waals surface area contributed by atoms with Crippen molar-refractivity contribution in [1.82, 2.24) is 4.90 Å². The molecular formula is C26H26ClN3O4S. The van der Waals surface area contributed by atoms with Crippen molar-refractivity contribution < 1.29 is 18.0 Å². The highest BCUT2D eigenvalue weighted by atomic mass is 35.5. The molecule has 1 heterocycles. The summed E-state index contributed by atoms with van der Waals surface area (Å²) in [4.78, 5) is 27.7. The summed E-state index contributed by atoms with van der Waals surface area (Å²) >= 11 is 5.90. The monoisotopic (exact) mass is 511 g/mol. The average Bonchev–Trinajstić information content (AvgIpc) is 3.32. The number of halogens is 1. The molecule has 3 aromatic carbocycles. The summed E-state index contributed by atoms with van der Waals surface area (Å²) in [6, 6.07) is 18.1. The smallest absolute Gasteiger partial charge is 0.322 e. The molecule has 0 saturated carbocycles. The van der Waals surface area contributed by atoms with Crippen molar-refractivity contribution in [1.29, 1.82) is 0 Å². The van der Waals surface area contributed by atoms with Crippen LogP contribution in [0.25, 0.3) is 11.1 Å². The van der Waals surface area contributed by atoms with Crippen LogP contribution >= 0.6 is 11.6 Å². The minimum Gasteiger partial charge on any atom is -0.324 e. The van der Waals surface area contributed by atoms with Crippen LogP contribution in [0, 0.1) is 6.92 Å². The first-order valence-electron chi connectivity index (χ1n) is 11.2. The summed E-state index contributed by atoms with van der Waals surface area (Å²) in [6.45, 7) is 2.33. The van der Waals surface area contributed by atoms with Crippen LogP contribution in [-0.2, 0) is 14.6 Å². The Bertz CT molecular complexity index is 1370. The molecule has 3 aromatic rings. The highest BCUT2D eigenvalue weighted by molar-refractivity contribution is 7.90. The number of hydrogen-bond acceptors (Lipinski definition) is 4. The lowest BCUT2D eigenvalue weighted by Crippen LogP contribution is -2.45. The third kappa shape index (κ3) is 5.66. The summed E-state index contributed by atoms with van der Waals surface area (Å²) in [7, 11) is -3.39. The third-order valence-electron chi connectivity index (χ3n) is 5.99. The highest BCUT2D eigenvalue weighted by Gasteiger charge is 2.34. The van der Waals surface area contributed by atoms with Crippen LogP contribution < -0.4 is 10.6 Å². The number of urea groups is 1. The summed E-state index contributed by atoms with van der Waals surface area (Å²) in [5.41, 5.74) is 3.35. The van der Waals surface area contributed by atoms with E-state index < -0.39 is 15.9 Å². The number of nitrogens with one attached hydrogen (secondary N) is 2.